The van der Waals surface area contributed by atoms with Crippen LogP contribution in [0.25, 0.3) is 10.8 Å². The maximum Gasteiger partial charge on any atom is 0.335 e. The Kier molecular flexibility index (Phi) is 7.23. The minimum absolute atomic E-state index is 0.0132. The maximum absolute atomic E-state index is 14.1. The summed E-state index contributed by atoms with van der Waals surface area (Å²) in [6, 6.07) is 18.3. The van der Waals surface area contributed by atoms with Crippen molar-refractivity contribution in [2.75, 3.05) is 0 Å². The molecule has 0 aliphatic carbocycles. The molecule has 9 nitrogen and oxygen atoms in total. The number of ketones is 1. The largest absolute Gasteiger partial charge is 0.459 e. The number of nitrogens with two attached hydrogens (primary N) is 2. The summed E-state index contributed by atoms with van der Waals surface area (Å²) >= 11 is 0. The van der Waals surface area contributed by atoms with Gasteiger partial charge in [-0.3, -0.25) is 4.79 Å². The van der Waals surface area contributed by atoms with Gasteiger partial charge in [0, 0.05) is 18.3 Å². The predicted octanol–water partition coefficient (Wildman–Crippen LogP) is 2.68. The molecule has 36 heavy (non-hydrogen) atoms. The van der Waals surface area contributed by atoms with Crippen LogP contribution in [0.3, 0.4) is 0 Å². The molecule has 2 atom stereocenters. The Morgan fingerprint density at radius 2 is 1.75 bits per heavy atom. The van der Waals surface area contributed by atoms with Gasteiger partial charge in [-0.15, -0.1) is 0 Å². The molecule has 0 aliphatic rings. The first-order chi connectivity index (χ1) is 17.3. The van der Waals surface area contributed by atoms with Gasteiger partial charge in [-0.25, -0.2) is 14.6 Å². The first-order valence-corrected chi connectivity index (χ1v) is 11.3. The van der Waals surface area contributed by atoms with E-state index in [4.69, 9.17) is 20.9 Å². The number of esters is 2. The number of nitrogens with one attached hydrogen (secondary N) is 1. The summed E-state index contributed by atoms with van der Waals surface area (Å²) < 4.78 is 11.0. The van der Waals surface area contributed by atoms with Gasteiger partial charge >= 0.3 is 11.9 Å². The lowest BCUT2D eigenvalue weighted by Gasteiger charge is -2.27. The second-order valence-corrected chi connectivity index (χ2v) is 8.49. The summed E-state index contributed by atoms with van der Waals surface area (Å²) in [7, 11) is 0. The standard InChI is InChI=1S/C27H26N4O5/c1-17(28)25(33)36-22-12-11-19-9-5-6-10-21(19)23(22)24(32)27(29,13-20-14-30-16-31-20)26(34)35-15-18-7-3-2-4-8-18/h2-12,14,16-17H,13,15,28-29H2,1H3,(H,30,31)/t17-,27-/m0/s1. The Bertz CT molecular complexity index is 1390. The Labute approximate surface area is 207 Å². The summed E-state index contributed by atoms with van der Waals surface area (Å²) in [6.45, 7) is 1.40. The van der Waals surface area contributed by atoms with Gasteiger partial charge in [-0.1, -0.05) is 60.7 Å². The number of carbonyl (C=O) groups is 3. The van der Waals surface area contributed by atoms with Gasteiger partial charge in [0.15, 0.2) is 11.3 Å². The Morgan fingerprint density at radius 1 is 1.03 bits per heavy atom. The third-order valence-electron chi connectivity index (χ3n) is 5.71. The third-order valence-corrected chi connectivity index (χ3v) is 5.71. The van der Waals surface area contributed by atoms with E-state index in [9.17, 15) is 14.4 Å². The Morgan fingerprint density at radius 3 is 2.44 bits per heavy atom. The lowest BCUT2D eigenvalue weighted by Crippen LogP contribution is -2.57. The zero-order valence-corrected chi connectivity index (χ0v) is 19.6. The molecule has 0 saturated heterocycles. The number of Topliss-reactive ketones (excluding diaryl/α,β-unsaturated/α-hetero) is 1. The van der Waals surface area contributed by atoms with Crippen molar-refractivity contribution in [3.05, 3.63) is 96.1 Å². The number of benzene rings is 3. The zero-order valence-electron chi connectivity index (χ0n) is 19.6. The maximum atomic E-state index is 14.1. The van der Waals surface area contributed by atoms with E-state index >= 15 is 0 Å². The van der Waals surface area contributed by atoms with Gasteiger partial charge in [-0.05, 0) is 29.3 Å². The number of aromatic nitrogens is 2. The molecule has 5 N–H and O–H groups in total. The Hall–Kier alpha value is -4.34. The fraction of sp³-hybridized carbons (Fsp3) is 0.185. The molecule has 0 unspecified atom stereocenters. The molecule has 4 rings (SSSR count). The number of carbonyl (C=O) groups excluding carboxylic acids is 3. The van der Waals surface area contributed by atoms with Crippen molar-refractivity contribution in [3.63, 3.8) is 0 Å². The highest BCUT2D eigenvalue weighted by Gasteiger charge is 2.46. The highest BCUT2D eigenvalue weighted by atomic mass is 16.5. The SMILES string of the molecule is C[C@H](N)C(=O)Oc1ccc2ccccc2c1C(=O)[C@@](N)(Cc1cnc[nH]1)C(=O)OCc1ccccc1. The molecule has 0 radical (unpaired) electrons. The van der Waals surface area contributed by atoms with E-state index in [2.05, 4.69) is 9.97 Å². The Balaban J connectivity index is 1.79. The van der Waals surface area contributed by atoms with E-state index in [1.807, 2.05) is 18.2 Å². The lowest BCUT2D eigenvalue weighted by atomic mass is 9.83. The summed E-state index contributed by atoms with van der Waals surface area (Å²) in [5, 5.41) is 1.16. The van der Waals surface area contributed by atoms with E-state index in [0.717, 1.165) is 5.56 Å². The first-order valence-electron chi connectivity index (χ1n) is 11.3. The molecule has 0 fully saturated rings. The molecular formula is C27H26N4O5. The molecule has 1 heterocycles. The van der Waals surface area contributed by atoms with E-state index < -0.39 is 29.3 Å². The normalized spacial score (nSPS) is 13.5. The number of hydrogen-bond donors (Lipinski definition) is 3. The third kappa shape index (κ3) is 5.17. The van der Waals surface area contributed by atoms with Gasteiger partial charge in [0.25, 0.3) is 0 Å². The number of ether oxygens (including phenoxy) is 2. The fourth-order valence-corrected chi connectivity index (χ4v) is 3.77. The van der Waals surface area contributed by atoms with Crippen LogP contribution >= 0.6 is 0 Å². The average Bonchev–Trinajstić information content (AvgIpc) is 3.40. The van der Waals surface area contributed by atoms with Crippen molar-refractivity contribution in [2.24, 2.45) is 11.5 Å². The topological polar surface area (TPSA) is 150 Å². The molecule has 1 aromatic heterocycles. The smallest absolute Gasteiger partial charge is 0.335 e. The van der Waals surface area contributed by atoms with Crippen LogP contribution in [0, 0.1) is 0 Å². The number of hydrogen-bond acceptors (Lipinski definition) is 8. The molecule has 3 aromatic carbocycles. The lowest BCUT2D eigenvalue weighted by molar-refractivity contribution is -0.149. The summed E-state index contributed by atoms with van der Waals surface area (Å²) in [5.41, 5.74) is 11.3. The van der Waals surface area contributed by atoms with Crippen LogP contribution in [0.5, 0.6) is 5.75 Å². The molecule has 0 saturated carbocycles. The van der Waals surface area contributed by atoms with Gasteiger partial charge < -0.3 is 25.9 Å². The number of H-pyrrole nitrogens is 1. The molecule has 9 heteroatoms. The summed E-state index contributed by atoms with van der Waals surface area (Å²) in [4.78, 5) is 46.7. The summed E-state index contributed by atoms with van der Waals surface area (Å²) in [5.74, 6) is -2.47. The molecule has 184 valence electrons. The second-order valence-electron chi connectivity index (χ2n) is 8.49. The molecule has 0 spiro atoms. The van der Waals surface area contributed by atoms with Gasteiger partial charge in [-0.2, -0.15) is 0 Å². The van der Waals surface area contributed by atoms with Crippen LogP contribution in [-0.2, 0) is 27.4 Å². The highest BCUT2D eigenvalue weighted by molar-refractivity contribution is 6.22. The molecular weight excluding hydrogens is 460 g/mol. The van der Waals surface area contributed by atoms with Crippen LogP contribution in [0.1, 0.15) is 28.5 Å². The monoisotopic (exact) mass is 486 g/mol. The number of aromatic amines is 1. The van der Waals surface area contributed by atoms with E-state index in [1.54, 1.807) is 42.5 Å². The average molecular weight is 487 g/mol. The van der Waals surface area contributed by atoms with E-state index in [-0.39, 0.29) is 24.3 Å². The molecule has 0 bridgehead atoms. The van der Waals surface area contributed by atoms with Gasteiger partial charge in [0.05, 0.1) is 11.9 Å². The van der Waals surface area contributed by atoms with E-state index in [0.29, 0.717) is 16.5 Å². The predicted molar refractivity (Wildman–Crippen MR) is 133 cm³/mol. The second kappa shape index (κ2) is 10.5. The number of imidazole rings is 1. The van der Waals surface area contributed by atoms with Crippen molar-refractivity contribution in [3.8, 4) is 5.75 Å². The van der Waals surface area contributed by atoms with Crippen LogP contribution in [0.4, 0.5) is 0 Å². The van der Waals surface area contributed by atoms with E-state index in [1.165, 1.54) is 25.5 Å². The number of nitrogens with zero attached hydrogens (tertiary/aromatic N) is 1. The molecule has 0 amide bonds. The number of rotatable bonds is 9. The summed E-state index contributed by atoms with van der Waals surface area (Å²) in [6.07, 6.45) is 2.67. The number of fused-ring (bicyclic) bond motifs is 1. The molecule has 4 aromatic rings. The highest BCUT2D eigenvalue weighted by Crippen LogP contribution is 2.32. The van der Waals surface area contributed by atoms with Crippen LogP contribution < -0.4 is 16.2 Å². The quantitative estimate of drug-likeness (QED) is 0.141. The van der Waals surface area contributed by atoms with Crippen molar-refractivity contribution in [1.82, 2.24) is 9.97 Å². The van der Waals surface area contributed by atoms with Crippen molar-refractivity contribution < 1.29 is 23.9 Å². The van der Waals surface area contributed by atoms with Crippen molar-refractivity contribution >= 4 is 28.5 Å². The van der Waals surface area contributed by atoms with Crippen molar-refractivity contribution in [1.29, 1.82) is 0 Å². The minimum Gasteiger partial charge on any atom is -0.459 e. The first kappa shape index (κ1) is 24.8. The van der Waals surface area contributed by atoms with Crippen molar-refractivity contribution in [2.45, 2.75) is 31.5 Å². The van der Waals surface area contributed by atoms with Gasteiger partial charge in [0.1, 0.15) is 18.4 Å². The molecule has 0 aliphatic heterocycles. The van der Waals surface area contributed by atoms with Crippen LogP contribution in [0.2, 0.25) is 0 Å². The van der Waals surface area contributed by atoms with Gasteiger partial charge in [0.2, 0.25) is 0 Å². The fourth-order valence-electron chi connectivity index (χ4n) is 3.77. The zero-order chi connectivity index (χ0) is 25.7. The van der Waals surface area contributed by atoms with Crippen LogP contribution in [0.15, 0.2) is 79.3 Å². The minimum atomic E-state index is -2.15. The van der Waals surface area contributed by atoms with Crippen LogP contribution in [-0.4, -0.2) is 39.3 Å².